The van der Waals surface area contributed by atoms with Crippen molar-refractivity contribution in [3.05, 3.63) is 35.4 Å². The van der Waals surface area contributed by atoms with Gasteiger partial charge in [0, 0.05) is 6.42 Å². The number of imide groups is 1. The Morgan fingerprint density at radius 1 is 1.33 bits per heavy atom. The molecular formula is C11H12N2O2. The highest BCUT2D eigenvalue weighted by Crippen LogP contribution is 2.08. The van der Waals surface area contributed by atoms with Crippen molar-refractivity contribution in [3.63, 3.8) is 0 Å². The predicted molar refractivity (Wildman–Crippen MR) is 55.3 cm³/mol. The third-order valence-electron chi connectivity index (χ3n) is 2.38. The molecular weight excluding hydrogens is 192 g/mol. The van der Waals surface area contributed by atoms with Gasteiger partial charge >= 0.3 is 6.03 Å². The summed E-state index contributed by atoms with van der Waals surface area (Å²) in [7, 11) is 0. The van der Waals surface area contributed by atoms with Crippen LogP contribution in [0.5, 0.6) is 0 Å². The second-order valence-electron chi connectivity index (χ2n) is 3.71. The van der Waals surface area contributed by atoms with Crippen molar-refractivity contribution < 1.29 is 9.59 Å². The lowest BCUT2D eigenvalue weighted by Gasteiger charge is -2.07. The molecule has 2 N–H and O–H groups in total. The van der Waals surface area contributed by atoms with Crippen LogP contribution in [0.1, 0.15) is 11.1 Å². The second kappa shape index (κ2) is 3.73. The summed E-state index contributed by atoms with van der Waals surface area (Å²) in [4.78, 5) is 22.2. The van der Waals surface area contributed by atoms with Crippen LogP contribution in [0, 0.1) is 6.92 Å². The van der Waals surface area contributed by atoms with Crippen LogP contribution in [-0.2, 0) is 11.2 Å². The number of nitrogens with one attached hydrogen (secondary N) is 2. The van der Waals surface area contributed by atoms with Crippen LogP contribution in [-0.4, -0.2) is 18.0 Å². The average Bonchev–Trinajstić information content (AvgIpc) is 2.45. The van der Waals surface area contributed by atoms with E-state index >= 15 is 0 Å². The first kappa shape index (κ1) is 9.71. The summed E-state index contributed by atoms with van der Waals surface area (Å²) in [5, 5.41) is 4.78. The highest BCUT2D eigenvalue weighted by atomic mass is 16.2. The third kappa shape index (κ3) is 2.15. The number of aryl methyl sites for hydroxylation is 1. The Bertz CT molecular complexity index is 415. The van der Waals surface area contributed by atoms with Crippen molar-refractivity contribution in [2.45, 2.75) is 19.4 Å². The standard InChI is InChI=1S/C11H12N2O2/c1-7-3-2-4-8(5-7)6-9-10(14)13-11(15)12-9/h2-5,9H,6H2,1H3,(H2,12,13,14,15). The van der Waals surface area contributed by atoms with Crippen LogP contribution in [0.15, 0.2) is 24.3 Å². The van der Waals surface area contributed by atoms with Gasteiger partial charge < -0.3 is 5.32 Å². The molecule has 4 nitrogen and oxygen atoms in total. The van der Waals surface area contributed by atoms with Gasteiger partial charge in [0.2, 0.25) is 0 Å². The van der Waals surface area contributed by atoms with E-state index in [1.54, 1.807) is 0 Å². The number of amides is 3. The maximum absolute atomic E-state index is 11.3. The summed E-state index contributed by atoms with van der Waals surface area (Å²) in [5.41, 5.74) is 2.20. The lowest BCUT2D eigenvalue weighted by atomic mass is 10.0. The quantitative estimate of drug-likeness (QED) is 0.698. The van der Waals surface area contributed by atoms with Gasteiger partial charge in [-0.1, -0.05) is 29.8 Å². The SMILES string of the molecule is Cc1cccc(CC2NC(=O)NC2=O)c1. The monoisotopic (exact) mass is 204 g/mol. The van der Waals surface area contributed by atoms with Gasteiger partial charge in [0.25, 0.3) is 5.91 Å². The molecule has 1 atom stereocenters. The largest absolute Gasteiger partial charge is 0.326 e. The molecule has 1 saturated heterocycles. The molecule has 4 heteroatoms. The average molecular weight is 204 g/mol. The molecule has 1 aromatic carbocycles. The predicted octanol–water partition coefficient (Wildman–Crippen LogP) is 0.746. The summed E-state index contributed by atoms with van der Waals surface area (Å²) in [6.07, 6.45) is 0.541. The number of urea groups is 1. The summed E-state index contributed by atoms with van der Waals surface area (Å²) in [6.45, 7) is 2.00. The zero-order valence-corrected chi connectivity index (χ0v) is 8.41. The lowest BCUT2D eigenvalue weighted by Crippen LogP contribution is -2.31. The lowest BCUT2D eigenvalue weighted by molar-refractivity contribution is -0.120. The van der Waals surface area contributed by atoms with Gasteiger partial charge in [-0.3, -0.25) is 10.1 Å². The molecule has 1 unspecified atom stereocenters. The van der Waals surface area contributed by atoms with Gasteiger partial charge in [0.15, 0.2) is 0 Å². The van der Waals surface area contributed by atoms with Crippen LogP contribution in [0.2, 0.25) is 0 Å². The number of hydrogen-bond acceptors (Lipinski definition) is 2. The molecule has 1 aliphatic heterocycles. The molecule has 0 aliphatic carbocycles. The summed E-state index contributed by atoms with van der Waals surface area (Å²) in [5.74, 6) is -0.249. The van der Waals surface area contributed by atoms with Gasteiger partial charge in [0.1, 0.15) is 6.04 Å². The molecule has 0 saturated carbocycles. The first-order chi connectivity index (χ1) is 7.15. The number of carbonyl (C=O) groups excluding carboxylic acids is 2. The van der Waals surface area contributed by atoms with Gasteiger partial charge in [-0.2, -0.15) is 0 Å². The van der Waals surface area contributed by atoms with Crippen molar-refractivity contribution >= 4 is 11.9 Å². The van der Waals surface area contributed by atoms with Crippen molar-refractivity contribution in [2.24, 2.45) is 0 Å². The smallest absolute Gasteiger partial charge is 0.322 e. The zero-order chi connectivity index (χ0) is 10.8. The highest BCUT2D eigenvalue weighted by molar-refractivity contribution is 6.04. The van der Waals surface area contributed by atoms with E-state index in [2.05, 4.69) is 10.6 Å². The van der Waals surface area contributed by atoms with Crippen molar-refractivity contribution in [2.75, 3.05) is 0 Å². The van der Waals surface area contributed by atoms with E-state index in [9.17, 15) is 9.59 Å². The van der Waals surface area contributed by atoms with Crippen molar-refractivity contribution in [1.82, 2.24) is 10.6 Å². The van der Waals surface area contributed by atoms with Crippen LogP contribution in [0.3, 0.4) is 0 Å². The number of carbonyl (C=O) groups is 2. The molecule has 0 spiro atoms. The minimum atomic E-state index is -0.431. The summed E-state index contributed by atoms with van der Waals surface area (Å²) >= 11 is 0. The van der Waals surface area contributed by atoms with E-state index in [0.29, 0.717) is 6.42 Å². The third-order valence-corrected chi connectivity index (χ3v) is 2.38. The van der Waals surface area contributed by atoms with Gasteiger partial charge in [-0.25, -0.2) is 4.79 Å². The van der Waals surface area contributed by atoms with Crippen molar-refractivity contribution in [1.29, 1.82) is 0 Å². The second-order valence-corrected chi connectivity index (χ2v) is 3.71. The Morgan fingerprint density at radius 2 is 2.13 bits per heavy atom. The molecule has 3 amide bonds. The zero-order valence-electron chi connectivity index (χ0n) is 8.41. The Kier molecular flexibility index (Phi) is 2.41. The number of rotatable bonds is 2. The first-order valence-corrected chi connectivity index (χ1v) is 4.82. The molecule has 1 fully saturated rings. The molecule has 15 heavy (non-hydrogen) atoms. The van der Waals surface area contributed by atoms with E-state index in [4.69, 9.17) is 0 Å². The molecule has 1 heterocycles. The van der Waals surface area contributed by atoms with E-state index in [-0.39, 0.29) is 5.91 Å². The number of benzene rings is 1. The molecule has 2 rings (SSSR count). The topological polar surface area (TPSA) is 58.2 Å². The minimum Gasteiger partial charge on any atom is -0.326 e. The fourth-order valence-electron chi connectivity index (χ4n) is 1.68. The van der Waals surface area contributed by atoms with Crippen LogP contribution in [0.25, 0.3) is 0 Å². The normalized spacial score (nSPS) is 19.9. The molecule has 78 valence electrons. The number of hydrogen-bond donors (Lipinski definition) is 2. The Labute approximate surface area is 87.7 Å². The maximum atomic E-state index is 11.3. The summed E-state index contributed by atoms with van der Waals surface area (Å²) < 4.78 is 0. The molecule has 1 aromatic rings. The van der Waals surface area contributed by atoms with E-state index < -0.39 is 12.1 Å². The fourth-order valence-corrected chi connectivity index (χ4v) is 1.68. The van der Waals surface area contributed by atoms with Gasteiger partial charge in [-0.05, 0) is 12.5 Å². The van der Waals surface area contributed by atoms with E-state index in [0.717, 1.165) is 11.1 Å². The summed E-state index contributed by atoms with van der Waals surface area (Å²) in [6, 6.07) is 7.07. The van der Waals surface area contributed by atoms with E-state index in [1.165, 1.54) is 0 Å². The van der Waals surface area contributed by atoms with Crippen LogP contribution in [0.4, 0.5) is 4.79 Å². The molecule has 0 aromatic heterocycles. The Hall–Kier alpha value is -1.84. The Balaban J connectivity index is 2.09. The van der Waals surface area contributed by atoms with Gasteiger partial charge in [0.05, 0.1) is 0 Å². The van der Waals surface area contributed by atoms with E-state index in [1.807, 2.05) is 31.2 Å². The molecule has 0 bridgehead atoms. The molecule has 1 aliphatic rings. The maximum Gasteiger partial charge on any atom is 0.322 e. The van der Waals surface area contributed by atoms with Crippen LogP contribution < -0.4 is 10.6 Å². The fraction of sp³-hybridized carbons (Fsp3) is 0.273. The van der Waals surface area contributed by atoms with Crippen LogP contribution >= 0.6 is 0 Å². The van der Waals surface area contributed by atoms with Crippen molar-refractivity contribution in [3.8, 4) is 0 Å². The minimum absolute atomic E-state index is 0.249. The first-order valence-electron chi connectivity index (χ1n) is 4.82. The highest BCUT2D eigenvalue weighted by Gasteiger charge is 2.29. The molecule has 0 radical (unpaired) electrons. The Morgan fingerprint density at radius 3 is 2.73 bits per heavy atom. The van der Waals surface area contributed by atoms with Gasteiger partial charge in [-0.15, -0.1) is 0 Å².